The number of piperazine rings is 1. The first-order valence-corrected chi connectivity index (χ1v) is 10.4. The third-order valence-electron chi connectivity index (χ3n) is 5.61. The molecule has 1 aliphatic rings. The average Bonchev–Trinajstić information content (AvgIpc) is 3.15. The molecule has 0 unspecified atom stereocenters. The highest BCUT2D eigenvalue weighted by Gasteiger charge is 2.41. The molecule has 0 spiro atoms. The van der Waals surface area contributed by atoms with Gasteiger partial charge in [-0.1, -0.05) is 31.5 Å². The number of imidazole rings is 1. The number of carbonyl (C=O) groups excluding carboxylic acids is 2. The number of benzene rings is 1. The van der Waals surface area contributed by atoms with E-state index in [1.807, 2.05) is 19.9 Å². The molecular formula is C22H23ClFN5O2. The molecule has 9 heteroatoms. The average molecular weight is 444 g/mol. The molecule has 1 fully saturated rings. The summed E-state index contributed by atoms with van der Waals surface area (Å²) in [6.45, 7) is 8.22. The van der Waals surface area contributed by atoms with Crippen molar-refractivity contribution in [2.45, 2.75) is 39.2 Å². The number of halogens is 2. The highest BCUT2D eigenvalue weighted by atomic mass is 35.5. The lowest BCUT2D eigenvalue weighted by atomic mass is 9.98. The van der Waals surface area contributed by atoms with E-state index in [0.717, 1.165) is 5.56 Å². The van der Waals surface area contributed by atoms with E-state index in [1.165, 1.54) is 17.0 Å². The zero-order valence-electron chi connectivity index (χ0n) is 17.7. The molecule has 31 heavy (non-hydrogen) atoms. The predicted octanol–water partition coefficient (Wildman–Crippen LogP) is 3.66. The van der Waals surface area contributed by atoms with Crippen molar-refractivity contribution in [2.75, 3.05) is 13.1 Å². The molecule has 1 N–H and O–H groups in total. The lowest BCUT2D eigenvalue weighted by Crippen LogP contribution is -2.63. The highest BCUT2D eigenvalue weighted by molar-refractivity contribution is 6.30. The van der Waals surface area contributed by atoms with Gasteiger partial charge >= 0.3 is 0 Å². The van der Waals surface area contributed by atoms with E-state index in [2.05, 4.69) is 15.4 Å². The Bertz CT molecular complexity index is 1200. The summed E-state index contributed by atoms with van der Waals surface area (Å²) in [5, 5.41) is 7.38. The van der Waals surface area contributed by atoms with Crippen molar-refractivity contribution in [2.24, 2.45) is 0 Å². The van der Waals surface area contributed by atoms with Gasteiger partial charge in [-0.05, 0) is 38.0 Å². The van der Waals surface area contributed by atoms with Gasteiger partial charge in [-0.2, -0.15) is 5.10 Å². The number of nitrogens with one attached hydrogen (secondary N) is 1. The molecule has 1 aliphatic heterocycles. The monoisotopic (exact) mass is 443 g/mol. The first-order valence-electron chi connectivity index (χ1n) is 10.1. The van der Waals surface area contributed by atoms with Gasteiger partial charge in [0, 0.05) is 24.2 Å². The summed E-state index contributed by atoms with van der Waals surface area (Å²) in [4.78, 5) is 31.5. The van der Waals surface area contributed by atoms with E-state index in [1.54, 1.807) is 30.6 Å². The summed E-state index contributed by atoms with van der Waals surface area (Å²) in [5.41, 5.74) is 1.76. The number of hydrogen-bond acceptors (Lipinski definition) is 4. The third kappa shape index (κ3) is 3.65. The zero-order chi connectivity index (χ0) is 22.5. The maximum atomic E-state index is 14.0. The first-order chi connectivity index (χ1) is 14.6. The number of carbonyl (C=O) groups is 2. The van der Waals surface area contributed by atoms with E-state index in [-0.39, 0.29) is 28.4 Å². The number of rotatable bonds is 3. The maximum absolute atomic E-state index is 14.0. The number of nitrogens with zero attached hydrogens (tertiary/aromatic N) is 4. The molecule has 3 heterocycles. The number of aromatic nitrogens is 3. The Morgan fingerprint density at radius 3 is 2.71 bits per heavy atom. The molecule has 7 nitrogen and oxygen atoms in total. The summed E-state index contributed by atoms with van der Waals surface area (Å²) < 4.78 is 15.5. The van der Waals surface area contributed by atoms with E-state index in [9.17, 15) is 14.0 Å². The molecule has 0 aliphatic carbocycles. The molecule has 2 amide bonds. The van der Waals surface area contributed by atoms with Crippen LogP contribution in [0.15, 0.2) is 30.5 Å². The summed E-state index contributed by atoms with van der Waals surface area (Å²) in [6.07, 6.45) is 1.56. The van der Waals surface area contributed by atoms with Crippen LogP contribution in [-0.4, -0.2) is 49.9 Å². The third-order valence-corrected chi connectivity index (χ3v) is 5.91. The molecule has 2 aromatic heterocycles. The number of amides is 2. The molecule has 162 valence electrons. The highest BCUT2D eigenvalue weighted by Crippen LogP contribution is 2.28. The summed E-state index contributed by atoms with van der Waals surface area (Å²) >= 11 is 5.81. The fourth-order valence-electron chi connectivity index (χ4n) is 3.72. The van der Waals surface area contributed by atoms with Gasteiger partial charge in [0.15, 0.2) is 5.65 Å². The van der Waals surface area contributed by atoms with E-state index in [0.29, 0.717) is 30.0 Å². The van der Waals surface area contributed by atoms with Gasteiger partial charge in [0.2, 0.25) is 5.91 Å². The molecule has 0 atom stereocenters. The van der Waals surface area contributed by atoms with Gasteiger partial charge in [-0.3, -0.25) is 9.59 Å². The van der Waals surface area contributed by atoms with Gasteiger partial charge in [0.05, 0.1) is 16.9 Å². The minimum atomic E-state index is -0.981. The fraction of sp³-hybridized carbons (Fsp3) is 0.364. The summed E-state index contributed by atoms with van der Waals surface area (Å²) in [5.74, 6) is -0.980. The van der Waals surface area contributed by atoms with Crippen molar-refractivity contribution in [3.8, 4) is 11.3 Å². The number of fused-ring (bicyclic) bond motifs is 1. The smallest absolute Gasteiger partial charge is 0.275 e. The lowest BCUT2D eigenvalue weighted by molar-refractivity contribution is -0.133. The summed E-state index contributed by atoms with van der Waals surface area (Å²) in [7, 11) is 0. The first kappa shape index (κ1) is 21.2. The Kier molecular flexibility index (Phi) is 5.21. The van der Waals surface area contributed by atoms with Crippen molar-refractivity contribution < 1.29 is 14.0 Å². The van der Waals surface area contributed by atoms with Crippen molar-refractivity contribution >= 4 is 29.1 Å². The second kappa shape index (κ2) is 7.60. The van der Waals surface area contributed by atoms with Crippen LogP contribution in [0.25, 0.3) is 16.9 Å². The molecule has 4 rings (SSSR count). The quantitative estimate of drug-likeness (QED) is 0.670. The molecular weight excluding hydrogens is 421 g/mol. The second-order valence-electron chi connectivity index (χ2n) is 8.43. The Hall–Kier alpha value is -3.00. The van der Waals surface area contributed by atoms with Gasteiger partial charge in [0.25, 0.3) is 5.91 Å². The van der Waals surface area contributed by atoms with Crippen LogP contribution in [0.5, 0.6) is 0 Å². The molecule has 3 aromatic rings. The minimum Gasteiger partial charge on any atom is -0.352 e. The second-order valence-corrected chi connectivity index (χ2v) is 8.84. The van der Waals surface area contributed by atoms with Gasteiger partial charge < -0.3 is 10.2 Å². The van der Waals surface area contributed by atoms with Crippen LogP contribution in [0, 0.1) is 5.82 Å². The van der Waals surface area contributed by atoms with Crippen molar-refractivity contribution in [1.29, 1.82) is 0 Å². The minimum absolute atomic E-state index is 0.0395. The number of hydrogen-bond donors (Lipinski definition) is 1. The normalized spacial score (nSPS) is 16.1. The van der Waals surface area contributed by atoms with Crippen LogP contribution in [0.3, 0.4) is 0 Å². The van der Waals surface area contributed by atoms with E-state index < -0.39 is 11.4 Å². The van der Waals surface area contributed by atoms with Crippen LogP contribution >= 0.6 is 11.6 Å². The molecule has 0 saturated carbocycles. The standard InChI is InChI=1S/C22H23ClFN5O2/c1-12(2)14-10-17(13-5-6-15(23)16(24)9-13)27-29-11-18(26-19(14)29)20(30)28-8-7-25-21(31)22(28,3)4/h5-6,9-12H,7-8H2,1-4H3,(H,25,31). The molecule has 1 saturated heterocycles. The van der Waals surface area contributed by atoms with Crippen LogP contribution in [0.4, 0.5) is 4.39 Å². The lowest BCUT2D eigenvalue weighted by Gasteiger charge is -2.40. The van der Waals surface area contributed by atoms with E-state index >= 15 is 0 Å². The van der Waals surface area contributed by atoms with Crippen LogP contribution in [-0.2, 0) is 4.79 Å². The fourth-order valence-corrected chi connectivity index (χ4v) is 3.84. The van der Waals surface area contributed by atoms with Crippen molar-refractivity contribution in [3.63, 3.8) is 0 Å². The van der Waals surface area contributed by atoms with Gasteiger partial charge in [-0.15, -0.1) is 0 Å². The van der Waals surface area contributed by atoms with Gasteiger partial charge in [0.1, 0.15) is 17.1 Å². The van der Waals surface area contributed by atoms with Crippen molar-refractivity contribution in [1.82, 2.24) is 24.8 Å². The van der Waals surface area contributed by atoms with E-state index in [4.69, 9.17) is 11.6 Å². The Morgan fingerprint density at radius 2 is 2.03 bits per heavy atom. The summed E-state index contributed by atoms with van der Waals surface area (Å²) in [6, 6.07) is 6.36. The maximum Gasteiger partial charge on any atom is 0.275 e. The predicted molar refractivity (Wildman–Crippen MR) is 116 cm³/mol. The Labute approximate surface area is 184 Å². The Balaban J connectivity index is 1.81. The largest absolute Gasteiger partial charge is 0.352 e. The molecule has 0 bridgehead atoms. The Morgan fingerprint density at radius 1 is 1.29 bits per heavy atom. The van der Waals surface area contributed by atoms with Crippen LogP contribution < -0.4 is 5.32 Å². The van der Waals surface area contributed by atoms with Crippen LogP contribution in [0.1, 0.15) is 49.7 Å². The molecule has 0 radical (unpaired) electrons. The zero-order valence-corrected chi connectivity index (χ0v) is 18.5. The molecule has 1 aromatic carbocycles. The topological polar surface area (TPSA) is 79.6 Å². The van der Waals surface area contributed by atoms with Crippen LogP contribution in [0.2, 0.25) is 5.02 Å². The SMILES string of the molecule is CC(C)c1cc(-c2ccc(Cl)c(F)c2)nn2cc(C(=O)N3CCNC(=O)C3(C)C)nc12. The van der Waals surface area contributed by atoms with Gasteiger partial charge in [-0.25, -0.2) is 13.9 Å². The van der Waals surface area contributed by atoms with Crippen molar-refractivity contribution in [3.05, 3.63) is 52.6 Å².